The summed E-state index contributed by atoms with van der Waals surface area (Å²) in [6, 6.07) is 0. The van der Waals surface area contributed by atoms with Crippen molar-refractivity contribution in [2.45, 2.75) is 40.0 Å². The number of carboxylic acid groups (broad SMARTS) is 1. The first-order chi connectivity index (χ1) is 6.38. The van der Waals surface area contributed by atoms with E-state index in [0.717, 1.165) is 12.8 Å². The van der Waals surface area contributed by atoms with Crippen LogP contribution in [0.5, 0.6) is 0 Å². The van der Waals surface area contributed by atoms with Crippen LogP contribution in [0.15, 0.2) is 0 Å². The van der Waals surface area contributed by atoms with Gasteiger partial charge in [-0.05, 0) is 19.3 Å². The highest BCUT2D eigenvalue weighted by Gasteiger charge is 2.40. The van der Waals surface area contributed by atoms with E-state index in [9.17, 15) is 9.59 Å². The second kappa shape index (κ2) is 4.98. The van der Waals surface area contributed by atoms with Gasteiger partial charge in [-0.1, -0.05) is 26.7 Å². The molecule has 4 heteroatoms. The average Bonchev–Trinajstić information content (AvgIpc) is 2.13. The summed E-state index contributed by atoms with van der Waals surface area (Å²) in [7, 11) is 0. The SMILES string of the molecule is CCC(CC)CC(C)(C(N)=O)C(=O)O. The zero-order valence-corrected chi connectivity index (χ0v) is 9.04. The summed E-state index contributed by atoms with van der Waals surface area (Å²) < 4.78 is 0. The van der Waals surface area contributed by atoms with Gasteiger partial charge in [0.25, 0.3) is 0 Å². The number of carbonyl (C=O) groups excluding carboxylic acids is 1. The molecule has 0 saturated carbocycles. The Kier molecular flexibility index (Phi) is 4.60. The largest absolute Gasteiger partial charge is 0.480 e. The Labute approximate surface area is 84.5 Å². The summed E-state index contributed by atoms with van der Waals surface area (Å²) in [4.78, 5) is 22.0. The molecule has 0 heterocycles. The second-order valence-corrected chi connectivity index (χ2v) is 3.89. The number of amides is 1. The number of hydrogen-bond donors (Lipinski definition) is 2. The molecule has 0 aliphatic carbocycles. The standard InChI is InChI=1S/C10H19NO3/c1-4-7(5-2)6-10(3,8(11)12)9(13)14/h7H,4-6H2,1-3H3,(H2,11,12)(H,13,14). The number of rotatable bonds is 6. The van der Waals surface area contributed by atoms with Gasteiger partial charge in [0.2, 0.25) is 5.91 Å². The first-order valence-corrected chi connectivity index (χ1v) is 4.91. The van der Waals surface area contributed by atoms with E-state index in [-0.39, 0.29) is 5.92 Å². The molecule has 0 aromatic heterocycles. The first kappa shape index (κ1) is 12.9. The highest BCUT2D eigenvalue weighted by Crippen LogP contribution is 2.29. The summed E-state index contributed by atoms with van der Waals surface area (Å²) in [5.41, 5.74) is 3.69. The lowest BCUT2D eigenvalue weighted by atomic mass is 9.78. The molecule has 1 unspecified atom stereocenters. The summed E-state index contributed by atoms with van der Waals surface area (Å²) in [5, 5.41) is 8.94. The van der Waals surface area contributed by atoms with E-state index in [4.69, 9.17) is 10.8 Å². The van der Waals surface area contributed by atoms with Crippen LogP contribution in [0.2, 0.25) is 0 Å². The minimum Gasteiger partial charge on any atom is -0.480 e. The van der Waals surface area contributed by atoms with Crippen LogP contribution >= 0.6 is 0 Å². The maximum Gasteiger partial charge on any atom is 0.318 e. The van der Waals surface area contributed by atoms with Gasteiger partial charge >= 0.3 is 5.97 Å². The van der Waals surface area contributed by atoms with Crippen LogP contribution in [0.1, 0.15) is 40.0 Å². The van der Waals surface area contributed by atoms with Gasteiger partial charge in [0.05, 0.1) is 0 Å². The molecule has 1 atom stereocenters. The lowest BCUT2D eigenvalue weighted by Crippen LogP contribution is -2.42. The number of carbonyl (C=O) groups is 2. The predicted octanol–water partition coefficient (Wildman–Crippen LogP) is 1.39. The van der Waals surface area contributed by atoms with E-state index < -0.39 is 17.3 Å². The van der Waals surface area contributed by atoms with E-state index in [1.54, 1.807) is 0 Å². The summed E-state index contributed by atoms with van der Waals surface area (Å²) >= 11 is 0. The molecular weight excluding hydrogens is 182 g/mol. The molecule has 14 heavy (non-hydrogen) atoms. The van der Waals surface area contributed by atoms with Crippen LogP contribution in [0.25, 0.3) is 0 Å². The van der Waals surface area contributed by atoms with Crippen LogP contribution in [-0.2, 0) is 9.59 Å². The molecular formula is C10H19NO3. The summed E-state index contributed by atoms with van der Waals surface area (Å²) in [6.45, 7) is 5.37. The molecule has 1 amide bonds. The molecule has 0 rings (SSSR count). The number of primary amides is 1. The molecule has 0 aromatic rings. The fourth-order valence-corrected chi connectivity index (χ4v) is 1.45. The number of carboxylic acids is 1. The average molecular weight is 201 g/mol. The molecule has 0 radical (unpaired) electrons. The van der Waals surface area contributed by atoms with Gasteiger partial charge in [-0.2, -0.15) is 0 Å². The van der Waals surface area contributed by atoms with Crippen LogP contribution < -0.4 is 5.73 Å². The molecule has 3 N–H and O–H groups in total. The van der Waals surface area contributed by atoms with E-state index in [1.165, 1.54) is 6.92 Å². The van der Waals surface area contributed by atoms with Crippen LogP contribution in [0, 0.1) is 11.3 Å². The molecule has 0 bridgehead atoms. The van der Waals surface area contributed by atoms with E-state index in [0.29, 0.717) is 6.42 Å². The zero-order valence-electron chi connectivity index (χ0n) is 9.04. The van der Waals surface area contributed by atoms with E-state index in [2.05, 4.69) is 0 Å². The van der Waals surface area contributed by atoms with Crippen molar-refractivity contribution in [3.05, 3.63) is 0 Å². The molecule has 4 nitrogen and oxygen atoms in total. The fraction of sp³-hybridized carbons (Fsp3) is 0.800. The van der Waals surface area contributed by atoms with Gasteiger partial charge < -0.3 is 10.8 Å². The van der Waals surface area contributed by atoms with Crippen molar-refractivity contribution in [2.24, 2.45) is 17.1 Å². The van der Waals surface area contributed by atoms with Crippen LogP contribution in [0.3, 0.4) is 0 Å². The zero-order chi connectivity index (χ0) is 11.4. The Hall–Kier alpha value is -1.06. The van der Waals surface area contributed by atoms with Crippen molar-refractivity contribution >= 4 is 11.9 Å². The third-order valence-corrected chi connectivity index (χ3v) is 2.87. The summed E-state index contributed by atoms with van der Waals surface area (Å²) in [6.07, 6.45) is 2.06. The summed E-state index contributed by atoms with van der Waals surface area (Å²) in [5.74, 6) is -1.64. The lowest BCUT2D eigenvalue weighted by Gasteiger charge is -2.25. The molecule has 0 fully saturated rings. The van der Waals surface area contributed by atoms with E-state index in [1.807, 2.05) is 13.8 Å². The predicted molar refractivity (Wildman–Crippen MR) is 53.6 cm³/mol. The van der Waals surface area contributed by atoms with E-state index >= 15 is 0 Å². The quantitative estimate of drug-likeness (QED) is 0.637. The van der Waals surface area contributed by atoms with Crippen molar-refractivity contribution in [2.75, 3.05) is 0 Å². The Morgan fingerprint density at radius 2 is 1.79 bits per heavy atom. The van der Waals surface area contributed by atoms with Crippen molar-refractivity contribution in [3.8, 4) is 0 Å². The van der Waals surface area contributed by atoms with Crippen LogP contribution in [0.4, 0.5) is 0 Å². The lowest BCUT2D eigenvalue weighted by molar-refractivity contribution is -0.154. The first-order valence-electron chi connectivity index (χ1n) is 4.91. The third kappa shape index (κ3) is 2.72. The smallest absolute Gasteiger partial charge is 0.318 e. The van der Waals surface area contributed by atoms with Crippen molar-refractivity contribution in [1.82, 2.24) is 0 Å². The van der Waals surface area contributed by atoms with Gasteiger partial charge in [-0.25, -0.2) is 0 Å². The second-order valence-electron chi connectivity index (χ2n) is 3.89. The maximum absolute atomic E-state index is 11.1. The Balaban J connectivity index is 4.68. The minimum absolute atomic E-state index is 0.239. The Morgan fingerprint density at radius 1 is 1.36 bits per heavy atom. The third-order valence-electron chi connectivity index (χ3n) is 2.87. The van der Waals surface area contributed by atoms with Crippen molar-refractivity contribution in [3.63, 3.8) is 0 Å². The number of hydrogen-bond acceptors (Lipinski definition) is 2. The van der Waals surface area contributed by atoms with Gasteiger partial charge in [-0.3, -0.25) is 9.59 Å². The molecule has 0 saturated heterocycles. The molecule has 82 valence electrons. The Bertz CT molecular complexity index is 207. The van der Waals surface area contributed by atoms with Gasteiger partial charge in [0.15, 0.2) is 0 Å². The highest BCUT2D eigenvalue weighted by molar-refractivity contribution is 6.00. The van der Waals surface area contributed by atoms with Gasteiger partial charge in [0.1, 0.15) is 5.41 Å². The highest BCUT2D eigenvalue weighted by atomic mass is 16.4. The molecule has 0 spiro atoms. The number of aliphatic carboxylic acids is 1. The topological polar surface area (TPSA) is 80.4 Å². The molecule has 0 aliphatic heterocycles. The Morgan fingerprint density at radius 3 is 2.00 bits per heavy atom. The number of nitrogens with two attached hydrogens (primary N) is 1. The normalized spacial score (nSPS) is 15.1. The fourth-order valence-electron chi connectivity index (χ4n) is 1.45. The van der Waals surface area contributed by atoms with Crippen molar-refractivity contribution < 1.29 is 14.7 Å². The molecule has 0 aliphatic rings. The maximum atomic E-state index is 11.1. The van der Waals surface area contributed by atoms with Gasteiger partial charge in [0, 0.05) is 0 Å². The molecule has 0 aromatic carbocycles. The van der Waals surface area contributed by atoms with Gasteiger partial charge in [-0.15, -0.1) is 0 Å². The monoisotopic (exact) mass is 201 g/mol. The van der Waals surface area contributed by atoms with Crippen molar-refractivity contribution in [1.29, 1.82) is 0 Å². The van der Waals surface area contributed by atoms with Crippen LogP contribution in [-0.4, -0.2) is 17.0 Å². The minimum atomic E-state index is -1.42.